The number of rotatable bonds is 4. The number of amides is 1. The Labute approximate surface area is 138 Å². The van der Waals surface area contributed by atoms with Crippen molar-refractivity contribution in [2.45, 2.75) is 24.3 Å². The molecule has 1 aromatic carbocycles. The number of aromatic carboxylic acids is 1. The van der Waals surface area contributed by atoms with Crippen molar-refractivity contribution in [1.29, 1.82) is 0 Å². The summed E-state index contributed by atoms with van der Waals surface area (Å²) in [5.41, 5.74) is 1.21. The molecule has 1 aromatic heterocycles. The Hall–Kier alpha value is -2.21. The molecule has 0 fully saturated rings. The summed E-state index contributed by atoms with van der Waals surface area (Å²) in [6.07, 6.45) is 0. The van der Waals surface area contributed by atoms with E-state index in [1.165, 1.54) is 6.07 Å². The summed E-state index contributed by atoms with van der Waals surface area (Å²) in [6, 6.07) is 9.42. The van der Waals surface area contributed by atoms with E-state index in [0.29, 0.717) is 11.5 Å². The number of aryl methyl sites for hydroxylation is 1. The number of carboxylic acids is 1. The fourth-order valence-corrected chi connectivity index (χ4v) is 4.00. The summed E-state index contributed by atoms with van der Waals surface area (Å²) in [6.45, 7) is 1.87. The zero-order valence-corrected chi connectivity index (χ0v) is 13.7. The number of carboxylic acid groups (broad SMARTS) is 1. The molecule has 0 bridgehead atoms. The molecule has 0 saturated heterocycles. The second-order valence-corrected chi connectivity index (χ2v) is 6.65. The van der Waals surface area contributed by atoms with E-state index < -0.39 is 5.97 Å². The third-order valence-electron chi connectivity index (χ3n) is 3.97. The smallest absolute Gasteiger partial charge is 0.339 e. The minimum absolute atomic E-state index is 0.0216. The zero-order chi connectivity index (χ0) is 16.6. The number of carbonyl (C=O) groups excluding carboxylic acids is 1. The number of nitrogens with zero attached hydrogens (tertiary/aromatic N) is 1. The molecule has 3 rings (SSSR count). The van der Waals surface area contributed by atoms with Crippen LogP contribution in [0.5, 0.6) is 0 Å². The topological polar surface area (TPSA) is 70.8 Å². The molecule has 1 unspecified atom stereocenters. The van der Waals surface area contributed by atoms with Gasteiger partial charge in [0.1, 0.15) is 17.1 Å². The number of likely N-dealkylation sites (N-methyl/N-ethyl adjacent to an activating group) is 1. The predicted molar refractivity (Wildman–Crippen MR) is 86.8 cm³/mol. The number of fused-ring (bicyclic) bond motifs is 1. The molecule has 0 spiro atoms. The molecule has 1 aliphatic rings. The van der Waals surface area contributed by atoms with Crippen molar-refractivity contribution in [3.63, 3.8) is 0 Å². The summed E-state index contributed by atoms with van der Waals surface area (Å²) in [4.78, 5) is 26.5. The molecule has 1 amide bonds. The second-order valence-electron chi connectivity index (χ2n) is 5.58. The van der Waals surface area contributed by atoms with Crippen molar-refractivity contribution < 1.29 is 19.1 Å². The Morgan fingerprint density at radius 3 is 2.83 bits per heavy atom. The van der Waals surface area contributed by atoms with Crippen LogP contribution >= 0.6 is 11.8 Å². The fraction of sp³-hybridized carbons (Fsp3) is 0.294. The van der Waals surface area contributed by atoms with Crippen molar-refractivity contribution >= 4 is 23.6 Å². The van der Waals surface area contributed by atoms with Gasteiger partial charge in [0, 0.05) is 17.7 Å². The largest absolute Gasteiger partial charge is 0.478 e. The molecule has 1 atom stereocenters. The summed E-state index contributed by atoms with van der Waals surface area (Å²) in [5.74, 6) is 0.419. The van der Waals surface area contributed by atoms with E-state index in [4.69, 9.17) is 9.52 Å². The first-order chi connectivity index (χ1) is 11.0. The van der Waals surface area contributed by atoms with E-state index in [1.807, 2.05) is 24.3 Å². The Bertz CT molecular complexity index is 768. The van der Waals surface area contributed by atoms with Crippen molar-refractivity contribution in [2.75, 3.05) is 12.8 Å². The maximum atomic E-state index is 12.7. The number of furan rings is 1. The van der Waals surface area contributed by atoms with Crippen molar-refractivity contribution in [3.8, 4) is 0 Å². The monoisotopic (exact) mass is 331 g/mol. The fourth-order valence-electron chi connectivity index (χ4n) is 2.78. The number of hydrogen-bond donors (Lipinski definition) is 1. The average Bonchev–Trinajstić information content (AvgIpc) is 3.10. The third-order valence-corrected chi connectivity index (χ3v) is 5.15. The Morgan fingerprint density at radius 1 is 1.39 bits per heavy atom. The zero-order valence-electron chi connectivity index (χ0n) is 12.9. The van der Waals surface area contributed by atoms with E-state index >= 15 is 0 Å². The van der Waals surface area contributed by atoms with Crippen LogP contribution in [0.15, 0.2) is 39.6 Å². The van der Waals surface area contributed by atoms with Gasteiger partial charge < -0.3 is 14.4 Å². The molecule has 1 N–H and O–H groups in total. The Balaban J connectivity index is 1.74. The van der Waals surface area contributed by atoms with Gasteiger partial charge >= 0.3 is 5.97 Å². The van der Waals surface area contributed by atoms with E-state index in [9.17, 15) is 9.59 Å². The lowest BCUT2D eigenvalue weighted by Gasteiger charge is -2.20. The number of hydrogen-bond acceptors (Lipinski definition) is 4. The Kier molecular flexibility index (Phi) is 4.17. The lowest BCUT2D eigenvalue weighted by molar-refractivity contribution is -0.131. The molecule has 23 heavy (non-hydrogen) atoms. The van der Waals surface area contributed by atoms with Crippen molar-refractivity contribution in [1.82, 2.24) is 4.90 Å². The molecule has 2 heterocycles. The molecule has 120 valence electrons. The Morgan fingerprint density at radius 2 is 2.13 bits per heavy atom. The van der Waals surface area contributed by atoms with Crippen molar-refractivity contribution in [2.24, 2.45) is 0 Å². The number of benzene rings is 1. The van der Waals surface area contributed by atoms with Crippen LogP contribution in [-0.4, -0.2) is 34.7 Å². The van der Waals surface area contributed by atoms with Gasteiger partial charge in [-0.3, -0.25) is 4.79 Å². The lowest BCUT2D eigenvalue weighted by Crippen LogP contribution is -2.31. The number of carbonyl (C=O) groups is 2. The van der Waals surface area contributed by atoms with E-state index in [1.54, 1.807) is 30.6 Å². The van der Waals surface area contributed by atoms with Gasteiger partial charge in [0.15, 0.2) is 0 Å². The lowest BCUT2D eigenvalue weighted by atomic mass is 10.00. The van der Waals surface area contributed by atoms with Gasteiger partial charge in [0.2, 0.25) is 5.91 Å². The van der Waals surface area contributed by atoms with Gasteiger partial charge in [-0.1, -0.05) is 18.2 Å². The van der Waals surface area contributed by atoms with Crippen LogP contribution in [0, 0.1) is 6.92 Å². The van der Waals surface area contributed by atoms with E-state index in [-0.39, 0.29) is 23.9 Å². The highest BCUT2D eigenvalue weighted by molar-refractivity contribution is 7.99. The normalized spacial score (nSPS) is 16.2. The van der Waals surface area contributed by atoms with Crippen LogP contribution in [-0.2, 0) is 11.3 Å². The summed E-state index contributed by atoms with van der Waals surface area (Å²) in [5, 5.41) is 9.06. The molecular weight excluding hydrogens is 314 g/mol. The van der Waals surface area contributed by atoms with E-state index in [2.05, 4.69) is 0 Å². The van der Waals surface area contributed by atoms with E-state index in [0.717, 1.165) is 16.2 Å². The summed E-state index contributed by atoms with van der Waals surface area (Å²) < 4.78 is 5.45. The highest BCUT2D eigenvalue weighted by atomic mass is 32.2. The van der Waals surface area contributed by atoms with Gasteiger partial charge in [-0.05, 0) is 24.6 Å². The molecular formula is C17H17NO4S. The first kappa shape index (κ1) is 15.7. The highest BCUT2D eigenvalue weighted by Crippen LogP contribution is 2.40. The molecule has 2 aromatic rings. The van der Waals surface area contributed by atoms with Gasteiger partial charge in [-0.25, -0.2) is 4.79 Å². The van der Waals surface area contributed by atoms with Crippen LogP contribution in [0.3, 0.4) is 0 Å². The summed E-state index contributed by atoms with van der Waals surface area (Å²) in [7, 11) is 1.71. The molecule has 0 saturated carbocycles. The van der Waals surface area contributed by atoms with Crippen molar-refractivity contribution in [3.05, 3.63) is 53.0 Å². The van der Waals surface area contributed by atoms with Crippen LogP contribution in [0.1, 0.15) is 33.4 Å². The maximum Gasteiger partial charge on any atom is 0.339 e. The third kappa shape index (κ3) is 2.99. The minimum Gasteiger partial charge on any atom is -0.478 e. The quantitative estimate of drug-likeness (QED) is 0.932. The molecule has 0 radical (unpaired) electrons. The standard InChI is InChI=1S/C17H17NO4S/c1-10-13(17(20)21)7-11(22-10)8-18(2)16(19)14-9-23-15-6-4-3-5-12(14)15/h3-7,14H,8-9H2,1-2H3,(H,20,21). The van der Waals surface area contributed by atoms with Crippen LogP contribution in [0.25, 0.3) is 0 Å². The molecule has 6 heteroatoms. The van der Waals surface area contributed by atoms with Gasteiger partial charge in [0.05, 0.1) is 12.5 Å². The number of thioether (sulfide) groups is 1. The van der Waals surface area contributed by atoms with Crippen LogP contribution < -0.4 is 0 Å². The first-order valence-electron chi connectivity index (χ1n) is 7.26. The SMILES string of the molecule is Cc1oc(CN(C)C(=O)C2CSc3ccccc32)cc1C(=O)O. The van der Waals surface area contributed by atoms with Gasteiger partial charge in [-0.2, -0.15) is 0 Å². The van der Waals surface area contributed by atoms with Gasteiger partial charge in [0.25, 0.3) is 0 Å². The van der Waals surface area contributed by atoms with Crippen LogP contribution in [0.2, 0.25) is 0 Å². The molecule has 5 nitrogen and oxygen atoms in total. The van der Waals surface area contributed by atoms with Crippen LogP contribution in [0.4, 0.5) is 0 Å². The average molecular weight is 331 g/mol. The predicted octanol–water partition coefficient (Wildman–Crippen LogP) is 3.13. The molecule has 1 aliphatic heterocycles. The highest BCUT2D eigenvalue weighted by Gasteiger charge is 2.31. The first-order valence-corrected chi connectivity index (χ1v) is 8.25. The second kappa shape index (κ2) is 6.12. The molecule has 0 aliphatic carbocycles. The minimum atomic E-state index is -1.02. The van der Waals surface area contributed by atoms with Gasteiger partial charge in [-0.15, -0.1) is 11.8 Å². The maximum absolute atomic E-state index is 12.7. The summed E-state index contributed by atoms with van der Waals surface area (Å²) >= 11 is 1.69.